The largest absolute Gasteiger partial charge is 0.457 e. The van der Waals surface area contributed by atoms with Gasteiger partial charge in [-0.2, -0.15) is 0 Å². The van der Waals surface area contributed by atoms with Crippen LogP contribution in [0.4, 0.5) is 22.7 Å². The molecule has 0 aliphatic heterocycles. The molecule has 13 aromatic rings. The predicted molar refractivity (Wildman–Crippen MR) is 271 cm³/mol. The number of anilines is 4. The smallest absolute Gasteiger partial charge is 0.162 e. The van der Waals surface area contributed by atoms with Crippen LogP contribution < -0.4 is 15.4 Å². The third-order valence-electron chi connectivity index (χ3n) is 12.7. The number of rotatable bonds is 8. The fourth-order valence-electron chi connectivity index (χ4n) is 9.94. The maximum Gasteiger partial charge on any atom is 0.162 e. The summed E-state index contributed by atoms with van der Waals surface area (Å²) in [6, 6.07) is 76.7. The Hall–Kier alpha value is -8.87. The van der Waals surface area contributed by atoms with Crippen LogP contribution in [0, 0.1) is 0 Å². The van der Waals surface area contributed by atoms with E-state index in [-0.39, 0.29) is 0 Å². The molecular weight excluding hydrogens is 795 g/mol. The third kappa shape index (κ3) is 5.99. The Morgan fingerprint density at radius 3 is 1.63 bits per heavy atom. The molecule has 65 heavy (non-hydrogen) atoms. The van der Waals surface area contributed by atoms with Gasteiger partial charge in [0.05, 0.1) is 44.6 Å². The first kappa shape index (κ1) is 36.8. The van der Waals surface area contributed by atoms with Gasteiger partial charge < -0.3 is 19.8 Å². The van der Waals surface area contributed by atoms with E-state index in [4.69, 9.17) is 9.72 Å². The van der Waals surface area contributed by atoms with Crippen molar-refractivity contribution >= 4 is 88.3 Å². The molecule has 0 spiro atoms. The van der Waals surface area contributed by atoms with E-state index in [1.165, 1.54) is 32.4 Å². The maximum absolute atomic E-state index is 6.76. The molecular formula is C59H39N5O. The standard InChI is InChI=1S/C59H39N5O/c1-3-16-38(17-4-1)43-23-12-24-44(39-18-5-2-6-19-39)56(43)62-52-30-9-8-29-51(52)61-40-20-11-21-41(36-40)65-42-33-34-46-48-26-14-28-50-49-27-13-25-47-45-22-7-10-31-53(45)63(57(47)49)54-32-15-35-60-59(54)64(58(48)50)55(46)37-42/h1-37,61-62H. The SMILES string of the molecule is c1ccc(-c2cccc(-c3ccccc3)c2Nc2ccccc2Nc2cccc(Oc3ccc4c5cccc6c7cccc8c9ccccc9n(c9cccnc9n(c4c3)c56)c87)c2)cc1. The van der Waals surface area contributed by atoms with Crippen LogP contribution in [-0.4, -0.2) is 13.8 Å². The number of nitrogens with zero attached hydrogens (tertiary/aromatic N) is 3. The van der Waals surface area contributed by atoms with Crippen molar-refractivity contribution in [3.8, 4) is 33.8 Å². The van der Waals surface area contributed by atoms with Crippen LogP contribution >= 0.6 is 0 Å². The van der Waals surface area contributed by atoms with Crippen LogP contribution in [0.15, 0.2) is 225 Å². The molecule has 0 saturated carbocycles. The summed E-state index contributed by atoms with van der Waals surface area (Å²) in [6.07, 6.45) is 1.90. The summed E-state index contributed by atoms with van der Waals surface area (Å²) >= 11 is 0. The lowest BCUT2D eigenvalue weighted by Gasteiger charge is -2.20. The van der Waals surface area contributed by atoms with E-state index >= 15 is 0 Å². The second kappa shape index (κ2) is 14.9. The van der Waals surface area contributed by atoms with E-state index in [9.17, 15) is 0 Å². The van der Waals surface area contributed by atoms with Gasteiger partial charge in [-0.05, 0) is 65.7 Å². The molecule has 4 aromatic heterocycles. The third-order valence-corrected chi connectivity index (χ3v) is 12.7. The maximum atomic E-state index is 6.76. The molecule has 0 aliphatic rings. The van der Waals surface area contributed by atoms with Gasteiger partial charge in [-0.15, -0.1) is 0 Å². The lowest BCUT2D eigenvalue weighted by atomic mass is 9.95. The van der Waals surface area contributed by atoms with Crippen LogP contribution in [0.5, 0.6) is 11.5 Å². The molecule has 13 rings (SSSR count). The van der Waals surface area contributed by atoms with Gasteiger partial charge in [-0.3, -0.25) is 4.40 Å². The molecule has 0 fully saturated rings. The van der Waals surface area contributed by atoms with Crippen molar-refractivity contribution in [1.82, 2.24) is 13.8 Å². The number of para-hydroxylation sites is 6. The predicted octanol–water partition coefficient (Wildman–Crippen LogP) is 16.0. The summed E-state index contributed by atoms with van der Waals surface area (Å²) in [5.74, 6) is 1.45. The van der Waals surface area contributed by atoms with E-state index in [0.717, 1.165) is 89.6 Å². The van der Waals surface area contributed by atoms with Gasteiger partial charge in [-0.25, -0.2) is 4.98 Å². The molecule has 306 valence electrons. The number of hydrogen-bond donors (Lipinski definition) is 2. The topological polar surface area (TPSA) is 55.0 Å². The molecule has 2 N–H and O–H groups in total. The van der Waals surface area contributed by atoms with Crippen LogP contribution in [-0.2, 0) is 0 Å². The van der Waals surface area contributed by atoms with Crippen LogP contribution in [0.3, 0.4) is 0 Å². The fraction of sp³-hybridized carbons (Fsp3) is 0. The van der Waals surface area contributed by atoms with Gasteiger partial charge in [-0.1, -0.05) is 152 Å². The molecule has 0 unspecified atom stereocenters. The van der Waals surface area contributed by atoms with E-state index in [1.54, 1.807) is 0 Å². The highest BCUT2D eigenvalue weighted by Crippen LogP contribution is 2.43. The Labute approximate surface area is 374 Å². The monoisotopic (exact) mass is 833 g/mol. The van der Waals surface area contributed by atoms with Gasteiger partial charge in [0.2, 0.25) is 0 Å². The molecule has 0 aliphatic carbocycles. The molecule has 4 heterocycles. The molecule has 0 saturated heterocycles. The van der Waals surface area contributed by atoms with Gasteiger partial charge in [0.15, 0.2) is 5.65 Å². The Morgan fingerprint density at radius 1 is 0.369 bits per heavy atom. The van der Waals surface area contributed by atoms with Crippen molar-refractivity contribution < 1.29 is 4.74 Å². The lowest BCUT2D eigenvalue weighted by Crippen LogP contribution is -2.00. The Bertz CT molecular complexity index is 3930. The van der Waals surface area contributed by atoms with Crippen LogP contribution in [0.25, 0.3) is 87.8 Å². The summed E-state index contributed by atoms with van der Waals surface area (Å²) in [5, 5.41) is 14.7. The highest BCUT2D eigenvalue weighted by atomic mass is 16.5. The van der Waals surface area contributed by atoms with Crippen molar-refractivity contribution in [2.45, 2.75) is 0 Å². The second-order valence-electron chi connectivity index (χ2n) is 16.5. The average Bonchev–Trinajstić information content (AvgIpc) is 3.87. The van der Waals surface area contributed by atoms with Crippen LogP contribution in [0.1, 0.15) is 0 Å². The van der Waals surface area contributed by atoms with E-state index < -0.39 is 0 Å². The van der Waals surface area contributed by atoms with Crippen LogP contribution in [0.2, 0.25) is 0 Å². The minimum absolute atomic E-state index is 0.721. The minimum atomic E-state index is 0.721. The summed E-state index contributed by atoms with van der Waals surface area (Å²) in [6.45, 7) is 0. The van der Waals surface area contributed by atoms with E-state index in [2.05, 4.69) is 220 Å². The quantitative estimate of drug-likeness (QED) is 0.160. The molecule has 0 radical (unpaired) electrons. The average molecular weight is 834 g/mol. The summed E-state index contributed by atoms with van der Waals surface area (Å²) < 4.78 is 11.5. The minimum Gasteiger partial charge on any atom is -0.457 e. The number of fused-ring (bicyclic) bond motifs is 10. The summed E-state index contributed by atoms with van der Waals surface area (Å²) in [7, 11) is 0. The zero-order valence-corrected chi connectivity index (χ0v) is 35.1. The zero-order valence-electron chi connectivity index (χ0n) is 35.1. The highest BCUT2D eigenvalue weighted by Gasteiger charge is 2.20. The van der Waals surface area contributed by atoms with Gasteiger partial charge in [0.1, 0.15) is 11.5 Å². The van der Waals surface area contributed by atoms with E-state index in [1.807, 2.05) is 24.4 Å². The first-order chi connectivity index (χ1) is 32.2. The zero-order chi connectivity index (χ0) is 42.8. The Morgan fingerprint density at radius 2 is 0.908 bits per heavy atom. The molecule has 0 bridgehead atoms. The van der Waals surface area contributed by atoms with Gasteiger partial charge in [0, 0.05) is 67.5 Å². The van der Waals surface area contributed by atoms with Gasteiger partial charge in [0.25, 0.3) is 0 Å². The number of pyridine rings is 1. The molecule has 0 atom stereocenters. The number of hydrogen-bond acceptors (Lipinski definition) is 4. The number of benzene rings is 9. The second-order valence-corrected chi connectivity index (χ2v) is 16.5. The number of nitrogens with one attached hydrogen (secondary N) is 2. The lowest BCUT2D eigenvalue weighted by molar-refractivity contribution is 0.483. The van der Waals surface area contributed by atoms with Crippen molar-refractivity contribution in [1.29, 1.82) is 0 Å². The molecule has 9 aromatic carbocycles. The Kier molecular flexibility index (Phi) is 8.42. The first-order valence-electron chi connectivity index (χ1n) is 22.0. The summed E-state index contributed by atoms with van der Waals surface area (Å²) in [5.41, 5.74) is 14.8. The summed E-state index contributed by atoms with van der Waals surface area (Å²) in [4.78, 5) is 5.14. The first-order valence-corrected chi connectivity index (χ1v) is 22.0. The van der Waals surface area contributed by atoms with Gasteiger partial charge >= 0.3 is 0 Å². The van der Waals surface area contributed by atoms with Crippen molar-refractivity contribution in [2.24, 2.45) is 0 Å². The number of aromatic nitrogens is 3. The fourth-order valence-corrected chi connectivity index (χ4v) is 9.94. The molecule has 0 amide bonds. The normalized spacial score (nSPS) is 11.7. The molecule has 6 heteroatoms. The van der Waals surface area contributed by atoms with Crippen molar-refractivity contribution in [2.75, 3.05) is 10.6 Å². The van der Waals surface area contributed by atoms with Crippen molar-refractivity contribution in [3.05, 3.63) is 225 Å². The molecule has 6 nitrogen and oxygen atoms in total. The highest BCUT2D eigenvalue weighted by molar-refractivity contribution is 6.25. The Balaban J connectivity index is 0.903. The van der Waals surface area contributed by atoms with E-state index in [0.29, 0.717) is 0 Å². The number of ether oxygens (including phenoxy) is 1. The van der Waals surface area contributed by atoms with Crippen molar-refractivity contribution in [3.63, 3.8) is 0 Å².